The number of piperazine rings is 1. The lowest BCUT2D eigenvalue weighted by molar-refractivity contribution is -0.134. The van der Waals surface area contributed by atoms with Crippen LogP contribution in [-0.2, 0) is 4.79 Å². The van der Waals surface area contributed by atoms with E-state index in [0.29, 0.717) is 13.0 Å². The Hall–Kier alpha value is -1.55. The van der Waals surface area contributed by atoms with Crippen molar-refractivity contribution in [3.05, 3.63) is 29.8 Å². The first-order valence-electron chi connectivity index (χ1n) is 8.53. The fourth-order valence-corrected chi connectivity index (χ4v) is 2.78. The van der Waals surface area contributed by atoms with Gasteiger partial charge in [-0.3, -0.25) is 9.69 Å². The van der Waals surface area contributed by atoms with Crippen LogP contribution in [0.5, 0.6) is 5.75 Å². The molecule has 23 heavy (non-hydrogen) atoms. The maximum absolute atomic E-state index is 12.2. The van der Waals surface area contributed by atoms with Crippen LogP contribution in [-0.4, -0.2) is 55.0 Å². The summed E-state index contributed by atoms with van der Waals surface area (Å²) in [5.74, 6) is 1.22. The molecule has 1 amide bonds. The van der Waals surface area contributed by atoms with Gasteiger partial charge in [0.05, 0.1) is 0 Å². The molecule has 0 unspecified atom stereocenters. The number of rotatable bonds is 5. The van der Waals surface area contributed by atoms with Crippen molar-refractivity contribution in [1.29, 1.82) is 0 Å². The Morgan fingerprint density at radius 3 is 2.48 bits per heavy atom. The van der Waals surface area contributed by atoms with Crippen molar-refractivity contribution >= 4 is 5.91 Å². The number of aryl methyl sites for hydroxylation is 1. The van der Waals surface area contributed by atoms with Crippen LogP contribution >= 0.6 is 0 Å². The van der Waals surface area contributed by atoms with Crippen molar-refractivity contribution in [2.45, 2.75) is 34.1 Å². The first-order valence-corrected chi connectivity index (χ1v) is 8.53. The summed E-state index contributed by atoms with van der Waals surface area (Å²) in [6.07, 6.45) is 0.628. The maximum atomic E-state index is 12.2. The highest BCUT2D eigenvalue weighted by atomic mass is 16.5. The molecule has 0 N–H and O–H groups in total. The van der Waals surface area contributed by atoms with Gasteiger partial charge in [0.25, 0.3) is 0 Å². The van der Waals surface area contributed by atoms with Crippen LogP contribution < -0.4 is 4.74 Å². The van der Waals surface area contributed by atoms with Gasteiger partial charge in [-0.25, -0.2) is 0 Å². The van der Waals surface area contributed by atoms with E-state index in [1.165, 1.54) is 5.56 Å². The van der Waals surface area contributed by atoms with E-state index in [1.54, 1.807) is 0 Å². The minimum absolute atomic E-state index is 0.0653. The van der Waals surface area contributed by atoms with Gasteiger partial charge in [0, 0.05) is 39.1 Å². The normalized spacial score (nSPS) is 16.4. The zero-order valence-electron chi connectivity index (χ0n) is 15.0. The van der Waals surface area contributed by atoms with Crippen LogP contribution in [0.3, 0.4) is 0 Å². The number of hydrogen-bond donors (Lipinski definition) is 0. The number of hydrogen-bond acceptors (Lipinski definition) is 3. The molecule has 1 aliphatic rings. The van der Waals surface area contributed by atoms with E-state index in [4.69, 9.17) is 4.74 Å². The van der Waals surface area contributed by atoms with Crippen molar-refractivity contribution in [3.63, 3.8) is 0 Å². The lowest BCUT2D eigenvalue weighted by Crippen LogP contribution is -2.50. The molecule has 0 aliphatic carbocycles. The molecule has 1 heterocycles. The fraction of sp³-hybridized carbons (Fsp3) is 0.632. The molecule has 4 nitrogen and oxygen atoms in total. The fourth-order valence-electron chi connectivity index (χ4n) is 2.78. The Morgan fingerprint density at radius 1 is 1.17 bits per heavy atom. The van der Waals surface area contributed by atoms with E-state index in [1.807, 2.05) is 17.0 Å². The zero-order chi connectivity index (χ0) is 16.9. The van der Waals surface area contributed by atoms with Crippen molar-refractivity contribution in [3.8, 4) is 5.75 Å². The predicted octanol–water partition coefficient (Wildman–Crippen LogP) is 2.95. The highest BCUT2D eigenvalue weighted by Gasteiger charge is 2.24. The summed E-state index contributed by atoms with van der Waals surface area (Å²) in [7, 11) is 0. The third-order valence-electron chi connectivity index (χ3n) is 4.07. The molecule has 128 valence electrons. The quantitative estimate of drug-likeness (QED) is 0.837. The number of carbonyl (C=O) groups is 1. The SMILES string of the molecule is Cc1cccc(OCCN2CCN(C(=O)CC(C)(C)C)CC2)c1. The summed E-state index contributed by atoms with van der Waals surface area (Å²) in [4.78, 5) is 16.6. The summed E-state index contributed by atoms with van der Waals surface area (Å²) in [5.41, 5.74) is 1.28. The van der Waals surface area contributed by atoms with Gasteiger partial charge in [-0.15, -0.1) is 0 Å². The first kappa shape index (κ1) is 17.8. The number of nitrogens with zero attached hydrogens (tertiary/aromatic N) is 2. The minimum atomic E-state index is 0.0653. The maximum Gasteiger partial charge on any atom is 0.223 e. The highest BCUT2D eigenvalue weighted by molar-refractivity contribution is 5.76. The molecule has 1 fully saturated rings. The van der Waals surface area contributed by atoms with Crippen molar-refractivity contribution in [2.24, 2.45) is 5.41 Å². The van der Waals surface area contributed by atoms with Gasteiger partial charge < -0.3 is 9.64 Å². The monoisotopic (exact) mass is 318 g/mol. The van der Waals surface area contributed by atoms with E-state index in [0.717, 1.165) is 38.5 Å². The largest absolute Gasteiger partial charge is 0.492 e. The summed E-state index contributed by atoms with van der Waals surface area (Å²) in [5, 5.41) is 0. The lowest BCUT2D eigenvalue weighted by atomic mass is 9.91. The second kappa shape index (κ2) is 7.82. The van der Waals surface area contributed by atoms with Gasteiger partial charge in [-0.05, 0) is 30.0 Å². The third kappa shape index (κ3) is 6.22. The third-order valence-corrected chi connectivity index (χ3v) is 4.07. The zero-order valence-corrected chi connectivity index (χ0v) is 15.0. The molecule has 1 aromatic carbocycles. The van der Waals surface area contributed by atoms with Crippen LogP contribution in [0.4, 0.5) is 0 Å². The molecular weight excluding hydrogens is 288 g/mol. The van der Waals surface area contributed by atoms with Crippen LogP contribution in [0.25, 0.3) is 0 Å². The van der Waals surface area contributed by atoms with E-state index in [2.05, 4.69) is 44.7 Å². The number of amides is 1. The molecule has 0 saturated carbocycles. The smallest absolute Gasteiger partial charge is 0.223 e. The van der Waals surface area contributed by atoms with E-state index >= 15 is 0 Å². The summed E-state index contributed by atoms with van der Waals surface area (Å²) in [6, 6.07) is 8.14. The molecule has 1 aliphatic heterocycles. The Kier molecular flexibility index (Phi) is 6.05. The van der Waals surface area contributed by atoms with Gasteiger partial charge in [0.2, 0.25) is 5.91 Å². The second-order valence-electron chi connectivity index (χ2n) is 7.62. The Labute approximate surface area is 140 Å². The van der Waals surface area contributed by atoms with Crippen LogP contribution in [0.15, 0.2) is 24.3 Å². The van der Waals surface area contributed by atoms with Crippen LogP contribution in [0.2, 0.25) is 0 Å². The van der Waals surface area contributed by atoms with E-state index in [-0.39, 0.29) is 11.3 Å². The number of ether oxygens (including phenoxy) is 1. The van der Waals surface area contributed by atoms with Gasteiger partial charge in [-0.1, -0.05) is 32.9 Å². The Bertz CT molecular complexity index is 514. The standard InChI is InChI=1S/C19H30N2O2/c1-16-6-5-7-17(14-16)23-13-12-20-8-10-21(11-9-20)18(22)15-19(2,3)4/h5-7,14H,8-13,15H2,1-4H3. The van der Waals surface area contributed by atoms with Crippen molar-refractivity contribution in [2.75, 3.05) is 39.3 Å². The minimum Gasteiger partial charge on any atom is -0.492 e. The molecule has 0 spiro atoms. The van der Waals surface area contributed by atoms with Gasteiger partial charge in [-0.2, -0.15) is 0 Å². The average Bonchev–Trinajstić information content (AvgIpc) is 2.46. The van der Waals surface area contributed by atoms with Gasteiger partial charge >= 0.3 is 0 Å². The highest BCUT2D eigenvalue weighted by Crippen LogP contribution is 2.20. The predicted molar refractivity (Wildman–Crippen MR) is 93.8 cm³/mol. The van der Waals surface area contributed by atoms with Crippen LogP contribution in [0, 0.1) is 12.3 Å². The van der Waals surface area contributed by atoms with Crippen molar-refractivity contribution < 1.29 is 9.53 Å². The molecule has 0 radical (unpaired) electrons. The molecule has 4 heteroatoms. The molecule has 0 atom stereocenters. The van der Waals surface area contributed by atoms with E-state index < -0.39 is 0 Å². The second-order valence-corrected chi connectivity index (χ2v) is 7.62. The Morgan fingerprint density at radius 2 is 1.87 bits per heavy atom. The first-order chi connectivity index (χ1) is 10.8. The number of benzene rings is 1. The molecule has 0 aromatic heterocycles. The summed E-state index contributed by atoms with van der Waals surface area (Å²) < 4.78 is 5.81. The molecule has 1 aromatic rings. The average molecular weight is 318 g/mol. The summed E-state index contributed by atoms with van der Waals surface area (Å²) in [6.45, 7) is 13.6. The molecule has 0 bridgehead atoms. The topological polar surface area (TPSA) is 32.8 Å². The Balaban J connectivity index is 1.68. The van der Waals surface area contributed by atoms with Crippen molar-refractivity contribution in [1.82, 2.24) is 9.80 Å². The van der Waals surface area contributed by atoms with E-state index in [9.17, 15) is 4.79 Å². The van der Waals surface area contributed by atoms with Gasteiger partial charge in [0.1, 0.15) is 12.4 Å². The molecule has 1 saturated heterocycles. The number of carbonyl (C=O) groups excluding carboxylic acids is 1. The van der Waals surface area contributed by atoms with Gasteiger partial charge in [0.15, 0.2) is 0 Å². The lowest BCUT2D eigenvalue weighted by Gasteiger charge is -2.35. The molecular formula is C19H30N2O2. The van der Waals surface area contributed by atoms with Crippen LogP contribution in [0.1, 0.15) is 32.8 Å². The molecule has 2 rings (SSSR count). The summed E-state index contributed by atoms with van der Waals surface area (Å²) >= 11 is 0.